The topological polar surface area (TPSA) is 73.6 Å². The normalized spacial score (nSPS) is 15.3. The fourth-order valence-electron chi connectivity index (χ4n) is 1.62. The van der Waals surface area contributed by atoms with Crippen LogP contribution in [0.1, 0.15) is 41.5 Å². The Bertz CT molecular complexity index is 290. The van der Waals surface area contributed by atoms with Crippen molar-refractivity contribution in [1.29, 1.82) is 10.5 Å². The summed E-state index contributed by atoms with van der Waals surface area (Å²) >= 11 is 0. The van der Waals surface area contributed by atoms with Crippen LogP contribution in [0.3, 0.4) is 0 Å². The molecule has 15 heavy (non-hydrogen) atoms. The second kappa shape index (κ2) is 3.83. The Balaban J connectivity index is 5.57. The molecule has 0 bridgehead atoms. The van der Waals surface area contributed by atoms with Gasteiger partial charge in [-0.1, -0.05) is 41.5 Å². The molecular formula is C12H21N3. The molecule has 0 aliphatic heterocycles. The average Bonchev–Trinajstić information content (AvgIpc) is 2.03. The van der Waals surface area contributed by atoms with Crippen molar-refractivity contribution in [2.75, 3.05) is 0 Å². The molecule has 1 atom stereocenters. The lowest BCUT2D eigenvalue weighted by molar-refractivity contribution is 0.114. The summed E-state index contributed by atoms with van der Waals surface area (Å²) in [5, 5.41) is 18.6. The predicted octanol–water partition coefficient (Wildman–Crippen LogP) is 2.44. The minimum Gasteiger partial charge on any atom is -0.325 e. The maximum atomic E-state index is 9.29. The summed E-state index contributed by atoms with van der Waals surface area (Å²) in [6, 6.07) is 3.78. The van der Waals surface area contributed by atoms with Gasteiger partial charge in [-0.25, -0.2) is 0 Å². The van der Waals surface area contributed by atoms with Crippen LogP contribution in [0.2, 0.25) is 0 Å². The lowest BCUT2D eigenvalue weighted by Gasteiger charge is -2.43. The summed E-state index contributed by atoms with van der Waals surface area (Å²) in [6.45, 7) is 11.5. The first kappa shape index (κ1) is 13.9. The van der Waals surface area contributed by atoms with Crippen molar-refractivity contribution in [2.45, 2.75) is 47.6 Å². The molecule has 0 fully saturated rings. The molecule has 0 aromatic rings. The van der Waals surface area contributed by atoms with E-state index in [2.05, 4.69) is 12.1 Å². The largest absolute Gasteiger partial charge is 0.325 e. The van der Waals surface area contributed by atoms with Crippen LogP contribution in [0, 0.1) is 38.9 Å². The van der Waals surface area contributed by atoms with Gasteiger partial charge in [0.1, 0.15) is 0 Å². The summed E-state index contributed by atoms with van der Waals surface area (Å²) in [4.78, 5) is 0. The fraction of sp³-hybridized carbons (Fsp3) is 0.833. The first-order chi connectivity index (χ1) is 6.53. The van der Waals surface area contributed by atoms with Crippen molar-refractivity contribution in [3.8, 4) is 12.1 Å². The first-order valence-corrected chi connectivity index (χ1v) is 5.11. The highest BCUT2D eigenvalue weighted by atomic mass is 14.8. The lowest BCUT2D eigenvalue weighted by atomic mass is 9.59. The van der Waals surface area contributed by atoms with Gasteiger partial charge in [0.25, 0.3) is 0 Å². The van der Waals surface area contributed by atoms with Crippen molar-refractivity contribution < 1.29 is 0 Å². The molecule has 3 nitrogen and oxygen atoms in total. The maximum Gasteiger partial charge on any atom is 0.163 e. The van der Waals surface area contributed by atoms with E-state index in [0.29, 0.717) is 0 Å². The van der Waals surface area contributed by atoms with E-state index in [1.165, 1.54) is 0 Å². The molecule has 0 aliphatic carbocycles. The number of nitriles is 2. The third kappa shape index (κ3) is 2.30. The first-order valence-electron chi connectivity index (χ1n) is 5.11. The molecule has 0 heterocycles. The molecule has 84 valence electrons. The van der Waals surface area contributed by atoms with Gasteiger partial charge in [0.05, 0.1) is 12.1 Å². The minimum atomic E-state index is -1.15. The van der Waals surface area contributed by atoms with Crippen molar-refractivity contribution in [1.82, 2.24) is 0 Å². The average molecular weight is 207 g/mol. The summed E-state index contributed by atoms with van der Waals surface area (Å²) in [5.41, 5.74) is 4.22. The monoisotopic (exact) mass is 207 g/mol. The molecule has 1 unspecified atom stereocenters. The van der Waals surface area contributed by atoms with Gasteiger partial charge in [-0.15, -0.1) is 0 Å². The van der Waals surface area contributed by atoms with E-state index in [1.807, 2.05) is 41.5 Å². The Morgan fingerprint density at radius 1 is 0.933 bits per heavy atom. The summed E-state index contributed by atoms with van der Waals surface area (Å²) in [6.07, 6.45) is 0. The molecule has 0 radical (unpaired) electrons. The van der Waals surface area contributed by atoms with Gasteiger partial charge in [-0.05, 0) is 10.8 Å². The molecular weight excluding hydrogens is 186 g/mol. The number of hydrogen-bond donors (Lipinski definition) is 1. The van der Waals surface area contributed by atoms with Crippen LogP contribution in [-0.4, -0.2) is 6.04 Å². The zero-order chi connectivity index (χ0) is 12.5. The van der Waals surface area contributed by atoms with Crippen molar-refractivity contribution >= 4 is 0 Å². The standard InChI is InChI=1S/C12H21N3/c1-10(2,3)9(15)12(7-13,8-14)11(4,5)6/h9H,15H2,1-6H3. The van der Waals surface area contributed by atoms with E-state index in [9.17, 15) is 10.5 Å². The Labute approximate surface area is 92.9 Å². The van der Waals surface area contributed by atoms with E-state index in [4.69, 9.17) is 5.73 Å². The minimum absolute atomic E-state index is 0.265. The Morgan fingerprint density at radius 3 is 1.33 bits per heavy atom. The number of rotatable bonds is 1. The second-order valence-electron chi connectivity index (χ2n) is 6.13. The maximum absolute atomic E-state index is 9.29. The van der Waals surface area contributed by atoms with Crippen molar-refractivity contribution in [3.05, 3.63) is 0 Å². The highest BCUT2D eigenvalue weighted by Gasteiger charge is 2.51. The van der Waals surface area contributed by atoms with Crippen molar-refractivity contribution in [2.24, 2.45) is 22.0 Å². The van der Waals surface area contributed by atoms with Crippen LogP contribution in [0.15, 0.2) is 0 Å². The zero-order valence-corrected chi connectivity index (χ0v) is 10.5. The molecule has 0 saturated carbocycles. The summed E-state index contributed by atoms with van der Waals surface area (Å²) < 4.78 is 0. The third-order valence-corrected chi connectivity index (χ3v) is 2.94. The SMILES string of the molecule is CC(C)(C)C(N)C(C#N)(C#N)C(C)(C)C. The predicted molar refractivity (Wildman–Crippen MR) is 60.5 cm³/mol. The van der Waals surface area contributed by atoms with Crippen LogP contribution in [0.5, 0.6) is 0 Å². The number of hydrogen-bond acceptors (Lipinski definition) is 3. The smallest absolute Gasteiger partial charge is 0.163 e. The van der Waals surface area contributed by atoms with Gasteiger partial charge < -0.3 is 5.73 Å². The number of nitrogens with two attached hydrogens (primary N) is 1. The van der Waals surface area contributed by atoms with E-state index >= 15 is 0 Å². The quantitative estimate of drug-likeness (QED) is 0.717. The molecule has 0 rings (SSSR count). The van der Waals surface area contributed by atoms with E-state index in [-0.39, 0.29) is 5.41 Å². The van der Waals surface area contributed by atoms with E-state index in [1.54, 1.807) is 0 Å². The van der Waals surface area contributed by atoms with E-state index < -0.39 is 16.9 Å². The molecule has 0 aliphatic rings. The molecule has 0 spiro atoms. The second-order valence-corrected chi connectivity index (χ2v) is 6.13. The molecule has 3 heteroatoms. The molecule has 0 aromatic carbocycles. The Morgan fingerprint density at radius 2 is 1.27 bits per heavy atom. The van der Waals surface area contributed by atoms with E-state index in [0.717, 1.165) is 0 Å². The van der Waals surface area contributed by atoms with Gasteiger partial charge in [0.15, 0.2) is 5.41 Å². The molecule has 0 saturated heterocycles. The summed E-state index contributed by atoms with van der Waals surface area (Å²) in [5.74, 6) is 0. The van der Waals surface area contributed by atoms with Crippen LogP contribution < -0.4 is 5.73 Å². The lowest BCUT2D eigenvalue weighted by Crippen LogP contribution is -2.54. The van der Waals surface area contributed by atoms with Gasteiger partial charge in [0, 0.05) is 6.04 Å². The summed E-state index contributed by atoms with van der Waals surface area (Å²) in [7, 11) is 0. The van der Waals surface area contributed by atoms with Crippen molar-refractivity contribution in [3.63, 3.8) is 0 Å². The van der Waals surface area contributed by atoms with Crippen LogP contribution in [0.4, 0.5) is 0 Å². The molecule has 0 aromatic heterocycles. The van der Waals surface area contributed by atoms with Crippen LogP contribution >= 0.6 is 0 Å². The highest BCUT2D eigenvalue weighted by molar-refractivity contribution is 5.25. The van der Waals surface area contributed by atoms with Crippen LogP contribution in [0.25, 0.3) is 0 Å². The van der Waals surface area contributed by atoms with Crippen LogP contribution in [-0.2, 0) is 0 Å². The fourth-order valence-corrected chi connectivity index (χ4v) is 1.62. The Hall–Kier alpha value is -1.06. The number of nitrogens with zero attached hydrogens (tertiary/aromatic N) is 2. The Kier molecular flexibility index (Phi) is 3.56. The van der Waals surface area contributed by atoms with Gasteiger partial charge in [-0.3, -0.25) is 0 Å². The molecule has 2 N–H and O–H groups in total. The highest BCUT2D eigenvalue weighted by Crippen LogP contribution is 2.44. The van der Waals surface area contributed by atoms with Gasteiger partial charge in [-0.2, -0.15) is 10.5 Å². The van der Waals surface area contributed by atoms with Gasteiger partial charge >= 0.3 is 0 Å². The zero-order valence-electron chi connectivity index (χ0n) is 10.5. The molecule has 0 amide bonds. The third-order valence-electron chi connectivity index (χ3n) is 2.94. The van der Waals surface area contributed by atoms with Gasteiger partial charge in [0.2, 0.25) is 0 Å².